The highest BCUT2D eigenvalue weighted by Gasteiger charge is 2.19. The van der Waals surface area contributed by atoms with Crippen molar-refractivity contribution in [1.29, 1.82) is 0 Å². The molecule has 1 amide bonds. The van der Waals surface area contributed by atoms with Gasteiger partial charge in [-0.05, 0) is 30.3 Å². The zero-order valence-corrected chi connectivity index (χ0v) is 10.6. The Bertz CT molecular complexity index is 692. The van der Waals surface area contributed by atoms with Crippen LogP contribution in [0.1, 0.15) is 10.4 Å². The molecule has 2 aromatic carbocycles. The maximum atomic E-state index is 13.5. The van der Waals surface area contributed by atoms with E-state index >= 15 is 0 Å². The summed E-state index contributed by atoms with van der Waals surface area (Å²) < 4.78 is 39.3. The van der Waals surface area contributed by atoms with Crippen molar-refractivity contribution in [1.82, 2.24) is 0 Å². The molecule has 3 N–H and O–H groups in total. The molecule has 0 saturated carbocycles. The molecule has 104 valence electrons. The Labute approximate surface area is 117 Å². The highest BCUT2D eigenvalue weighted by Crippen LogP contribution is 2.24. The molecule has 0 aromatic heterocycles. The summed E-state index contributed by atoms with van der Waals surface area (Å²) in [5, 5.41) is 2.58. The topological polar surface area (TPSA) is 55.1 Å². The van der Waals surface area contributed by atoms with E-state index in [4.69, 9.17) is 17.3 Å². The molecule has 2 aromatic rings. The van der Waals surface area contributed by atoms with E-state index in [0.29, 0.717) is 11.1 Å². The van der Waals surface area contributed by atoms with Gasteiger partial charge in [0, 0.05) is 5.02 Å². The summed E-state index contributed by atoms with van der Waals surface area (Å²) in [7, 11) is 0. The predicted molar refractivity (Wildman–Crippen MR) is 70.1 cm³/mol. The Balaban J connectivity index is 2.33. The van der Waals surface area contributed by atoms with Gasteiger partial charge < -0.3 is 11.1 Å². The normalized spacial score (nSPS) is 10.4. The molecule has 0 aliphatic carbocycles. The lowest BCUT2D eigenvalue weighted by Crippen LogP contribution is -2.16. The van der Waals surface area contributed by atoms with Crippen LogP contribution in [-0.2, 0) is 0 Å². The molecule has 0 saturated heterocycles. The molecule has 0 aliphatic rings. The Morgan fingerprint density at radius 1 is 1.10 bits per heavy atom. The number of nitrogens with one attached hydrogen (secondary N) is 1. The number of amides is 1. The van der Waals surface area contributed by atoms with Crippen LogP contribution in [0.3, 0.4) is 0 Å². The quantitative estimate of drug-likeness (QED) is 0.658. The van der Waals surface area contributed by atoms with Crippen LogP contribution in [0.15, 0.2) is 30.3 Å². The molecule has 0 bridgehead atoms. The summed E-state index contributed by atoms with van der Waals surface area (Å²) in [6, 6.07) is 5.80. The van der Waals surface area contributed by atoms with Crippen molar-refractivity contribution in [2.75, 3.05) is 11.1 Å². The number of nitrogens with two attached hydrogens (primary N) is 1. The van der Waals surface area contributed by atoms with Gasteiger partial charge in [-0.15, -0.1) is 0 Å². The summed E-state index contributed by atoms with van der Waals surface area (Å²) in [6.45, 7) is 0. The van der Waals surface area contributed by atoms with Crippen molar-refractivity contribution >= 4 is 28.9 Å². The maximum absolute atomic E-state index is 13.5. The van der Waals surface area contributed by atoms with Crippen LogP contribution in [0.5, 0.6) is 0 Å². The van der Waals surface area contributed by atoms with Crippen molar-refractivity contribution in [3.8, 4) is 0 Å². The third-order valence-corrected chi connectivity index (χ3v) is 2.78. The van der Waals surface area contributed by atoms with Gasteiger partial charge in [0.2, 0.25) is 0 Å². The fraction of sp³-hybridized carbons (Fsp3) is 0. The average molecular weight is 301 g/mol. The lowest BCUT2D eigenvalue weighted by molar-refractivity contribution is 0.102. The Kier molecular flexibility index (Phi) is 3.85. The number of hydrogen-bond donors (Lipinski definition) is 2. The van der Waals surface area contributed by atoms with Gasteiger partial charge in [-0.25, -0.2) is 13.2 Å². The molecule has 2 rings (SSSR count). The molecule has 3 nitrogen and oxygen atoms in total. The van der Waals surface area contributed by atoms with Crippen LogP contribution in [0.2, 0.25) is 5.02 Å². The van der Waals surface area contributed by atoms with E-state index in [-0.39, 0.29) is 11.4 Å². The van der Waals surface area contributed by atoms with Crippen molar-refractivity contribution in [2.24, 2.45) is 0 Å². The molecular formula is C13H8ClF3N2O. The number of halogens is 4. The Hall–Kier alpha value is -2.21. The first kappa shape index (κ1) is 14.2. The highest BCUT2D eigenvalue weighted by molar-refractivity contribution is 6.31. The molecule has 0 radical (unpaired) electrons. The van der Waals surface area contributed by atoms with Crippen LogP contribution >= 0.6 is 11.6 Å². The molecule has 0 atom stereocenters. The van der Waals surface area contributed by atoms with Crippen LogP contribution in [-0.4, -0.2) is 5.91 Å². The minimum absolute atomic E-state index is 0.145. The van der Waals surface area contributed by atoms with Gasteiger partial charge in [-0.1, -0.05) is 11.6 Å². The summed E-state index contributed by atoms with van der Waals surface area (Å²) in [4.78, 5) is 11.8. The first-order valence-corrected chi connectivity index (χ1v) is 5.78. The molecule has 0 heterocycles. The van der Waals surface area contributed by atoms with Crippen LogP contribution in [0.4, 0.5) is 24.5 Å². The van der Waals surface area contributed by atoms with Crippen molar-refractivity contribution in [3.63, 3.8) is 0 Å². The Morgan fingerprint density at radius 3 is 2.50 bits per heavy atom. The van der Waals surface area contributed by atoms with Gasteiger partial charge in [0.15, 0.2) is 17.5 Å². The third kappa shape index (κ3) is 2.70. The summed E-state index contributed by atoms with van der Waals surface area (Å²) >= 11 is 5.73. The third-order valence-electron chi connectivity index (χ3n) is 2.54. The SMILES string of the molecule is Nc1ccc(Cl)cc1NC(=O)c1ccc(F)c(F)c1F. The van der Waals surface area contributed by atoms with E-state index in [9.17, 15) is 18.0 Å². The minimum Gasteiger partial charge on any atom is -0.397 e. The summed E-state index contributed by atoms with van der Waals surface area (Å²) in [5.41, 5.74) is 5.32. The zero-order valence-electron chi connectivity index (χ0n) is 9.88. The first-order chi connectivity index (χ1) is 9.40. The van der Waals surface area contributed by atoms with Crippen LogP contribution < -0.4 is 11.1 Å². The fourth-order valence-electron chi connectivity index (χ4n) is 1.53. The fourth-order valence-corrected chi connectivity index (χ4v) is 1.70. The Morgan fingerprint density at radius 2 is 1.80 bits per heavy atom. The highest BCUT2D eigenvalue weighted by atomic mass is 35.5. The second-order valence-corrected chi connectivity index (χ2v) is 4.35. The van der Waals surface area contributed by atoms with E-state index < -0.39 is 28.9 Å². The number of carbonyl (C=O) groups is 1. The largest absolute Gasteiger partial charge is 0.397 e. The summed E-state index contributed by atoms with van der Waals surface area (Å²) in [6.07, 6.45) is 0. The van der Waals surface area contributed by atoms with Crippen molar-refractivity contribution in [3.05, 3.63) is 58.4 Å². The minimum atomic E-state index is -1.71. The molecule has 20 heavy (non-hydrogen) atoms. The number of benzene rings is 2. The molecule has 7 heteroatoms. The number of carbonyl (C=O) groups excluding carboxylic acids is 1. The average Bonchev–Trinajstić information content (AvgIpc) is 2.40. The van der Waals surface area contributed by atoms with E-state index in [1.54, 1.807) is 0 Å². The van der Waals surface area contributed by atoms with Gasteiger partial charge >= 0.3 is 0 Å². The zero-order chi connectivity index (χ0) is 14.9. The molecule has 0 spiro atoms. The first-order valence-electron chi connectivity index (χ1n) is 5.40. The smallest absolute Gasteiger partial charge is 0.258 e. The van der Waals surface area contributed by atoms with Crippen molar-refractivity contribution in [2.45, 2.75) is 0 Å². The number of hydrogen-bond acceptors (Lipinski definition) is 2. The maximum Gasteiger partial charge on any atom is 0.258 e. The summed E-state index contributed by atoms with van der Waals surface area (Å²) in [5.74, 6) is -5.61. The van der Waals surface area contributed by atoms with E-state index in [2.05, 4.69) is 5.32 Å². The lowest BCUT2D eigenvalue weighted by Gasteiger charge is -2.09. The van der Waals surface area contributed by atoms with Gasteiger partial charge in [0.25, 0.3) is 5.91 Å². The second-order valence-electron chi connectivity index (χ2n) is 3.91. The molecule has 0 unspecified atom stereocenters. The monoisotopic (exact) mass is 300 g/mol. The van der Waals surface area contributed by atoms with Crippen LogP contribution in [0.25, 0.3) is 0 Å². The molecular weight excluding hydrogens is 293 g/mol. The number of anilines is 2. The second kappa shape index (κ2) is 5.42. The van der Waals surface area contributed by atoms with Gasteiger partial charge in [0.1, 0.15) is 0 Å². The van der Waals surface area contributed by atoms with Crippen molar-refractivity contribution < 1.29 is 18.0 Å². The number of rotatable bonds is 2. The van der Waals surface area contributed by atoms with Crippen LogP contribution in [0, 0.1) is 17.5 Å². The molecule has 0 aliphatic heterocycles. The standard InChI is InChI=1S/C13H8ClF3N2O/c14-6-1-4-9(18)10(5-6)19-13(20)7-2-3-8(15)12(17)11(7)16/h1-5H,18H2,(H,19,20). The van der Waals surface area contributed by atoms with E-state index in [1.165, 1.54) is 18.2 Å². The predicted octanol–water partition coefficient (Wildman–Crippen LogP) is 3.59. The van der Waals surface area contributed by atoms with E-state index in [0.717, 1.165) is 6.07 Å². The number of nitrogen functional groups attached to an aromatic ring is 1. The van der Waals surface area contributed by atoms with Gasteiger partial charge in [-0.3, -0.25) is 4.79 Å². The molecule has 0 fully saturated rings. The van der Waals surface area contributed by atoms with E-state index in [1.807, 2.05) is 0 Å². The van der Waals surface area contributed by atoms with Gasteiger partial charge in [-0.2, -0.15) is 0 Å². The lowest BCUT2D eigenvalue weighted by atomic mass is 10.1. The van der Waals surface area contributed by atoms with Gasteiger partial charge in [0.05, 0.1) is 16.9 Å².